The fourth-order valence-electron chi connectivity index (χ4n) is 0.682. The molecule has 1 aromatic rings. The Morgan fingerprint density at radius 1 is 1.77 bits per heavy atom. The van der Waals surface area contributed by atoms with Gasteiger partial charge in [0.15, 0.2) is 5.69 Å². The summed E-state index contributed by atoms with van der Waals surface area (Å²) in [6.07, 6.45) is 1.34. The first-order valence-corrected chi connectivity index (χ1v) is 4.67. The minimum absolute atomic E-state index is 0.0920. The van der Waals surface area contributed by atoms with Crippen LogP contribution in [-0.2, 0) is 4.74 Å². The van der Waals surface area contributed by atoms with E-state index in [4.69, 9.17) is 16.3 Å². The molecule has 0 aliphatic heterocycles. The molecule has 0 amide bonds. The summed E-state index contributed by atoms with van der Waals surface area (Å²) in [4.78, 5) is 18.8. The summed E-state index contributed by atoms with van der Waals surface area (Å²) in [6.45, 7) is 2.00. The summed E-state index contributed by atoms with van der Waals surface area (Å²) < 4.78 is 5.06. The lowest BCUT2D eigenvalue weighted by atomic mass is 10.4. The normalized spacial score (nSPS) is 9.77. The van der Waals surface area contributed by atoms with E-state index in [0.29, 0.717) is 11.2 Å². The monoisotopic (exact) mass is 264 g/mol. The van der Waals surface area contributed by atoms with E-state index in [0.717, 1.165) is 0 Å². The summed E-state index contributed by atoms with van der Waals surface area (Å²) >= 11 is 8.63. The van der Waals surface area contributed by atoms with Gasteiger partial charge in [-0.05, 0) is 22.9 Å². The van der Waals surface area contributed by atoms with Gasteiger partial charge in [-0.2, -0.15) is 0 Å². The van der Waals surface area contributed by atoms with Gasteiger partial charge in [-0.25, -0.2) is 14.8 Å². The zero-order chi connectivity index (χ0) is 9.84. The second kappa shape index (κ2) is 4.53. The molecule has 0 atom stereocenters. The van der Waals surface area contributed by atoms with E-state index in [2.05, 4.69) is 25.9 Å². The first kappa shape index (κ1) is 10.4. The van der Waals surface area contributed by atoms with Crippen molar-refractivity contribution >= 4 is 33.5 Å². The van der Waals surface area contributed by atoms with Gasteiger partial charge in [0.25, 0.3) is 0 Å². The smallest absolute Gasteiger partial charge is 0.359 e. The second-order valence-corrected chi connectivity index (χ2v) is 3.19. The molecule has 0 aliphatic rings. The van der Waals surface area contributed by atoms with E-state index in [-0.39, 0.29) is 10.8 Å². The Morgan fingerprint density at radius 3 is 3.08 bits per heavy atom. The third-order valence-electron chi connectivity index (χ3n) is 1.17. The van der Waals surface area contributed by atoms with Crippen molar-refractivity contribution in [1.29, 1.82) is 0 Å². The molecule has 0 unspecified atom stereocenters. The topological polar surface area (TPSA) is 52.1 Å². The zero-order valence-electron chi connectivity index (χ0n) is 6.75. The van der Waals surface area contributed by atoms with Crippen molar-refractivity contribution in [3.63, 3.8) is 0 Å². The lowest BCUT2D eigenvalue weighted by Gasteiger charge is -2.01. The highest BCUT2D eigenvalue weighted by molar-refractivity contribution is 9.10. The lowest BCUT2D eigenvalue weighted by Crippen LogP contribution is -2.08. The number of carbonyl (C=O) groups is 1. The third-order valence-corrected chi connectivity index (χ3v) is 1.93. The van der Waals surface area contributed by atoms with E-state index in [9.17, 15) is 4.79 Å². The number of nitrogens with zero attached hydrogens (tertiary/aromatic N) is 2. The summed E-state index contributed by atoms with van der Waals surface area (Å²) in [5.41, 5.74) is 0.0920. The molecule has 13 heavy (non-hydrogen) atoms. The number of halogens is 2. The van der Waals surface area contributed by atoms with Crippen molar-refractivity contribution in [1.82, 2.24) is 9.97 Å². The Labute approximate surface area is 88.4 Å². The van der Waals surface area contributed by atoms with Crippen molar-refractivity contribution in [2.24, 2.45) is 0 Å². The molecule has 4 nitrogen and oxygen atoms in total. The maximum Gasteiger partial charge on any atom is 0.359 e. The molecule has 0 saturated carbocycles. The van der Waals surface area contributed by atoms with Gasteiger partial charge in [-0.3, -0.25) is 0 Å². The SMILES string of the molecule is CCOC(=O)c1nc(Cl)cnc1Br. The van der Waals surface area contributed by atoms with Crippen LogP contribution >= 0.6 is 27.5 Å². The van der Waals surface area contributed by atoms with Gasteiger partial charge in [-0.1, -0.05) is 11.6 Å². The van der Waals surface area contributed by atoms with Crippen LogP contribution in [0.4, 0.5) is 0 Å². The largest absolute Gasteiger partial charge is 0.461 e. The number of carbonyl (C=O) groups excluding carboxylic acids is 1. The van der Waals surface area contributed by atoms with E-state index in [1.807, 2.05) is 0 Å². The highest BCUT2D eigenvalue weighted by atomic mass is 79.9. The Morgan fingerprint density at radius 2 is 2.46 bits per heavy atom. The summed E-state index contributed by atoms with van der Waals surface area (Å²) in [7, 11) is 0. The predicted octanol–water partition coefficient (Wildman–Crippen LogP) is 2.07. The highest BCUT2D eigenvalue weighted by Crippen LogP contribution is 2.14. The third kappa shape index (κ3) is 2.63. The standard InChI is InChI=1S/C7H6BrClN2O2/c1-2-13-7(12)5-6(8)10-3-4(9)11-5/h3H,2H2,1H3. The predicted molar refractivity (Wildman–Crippen MR) is 50.7 cm³/mol. The van der Waals surface area contributed by atoms with E-state index < -0.39 is 5.97 Å². The first-order chi connectivity index (χ1) is 6.15. The molecule has 0 aliphatic carbocycles. The van der Waals surface area contributed by atoms with Crippen LogP contribution < -0.4 is 0 Å². The molecular formula is C7H6BrClN2O2. The molecule has 1 rings (SSSR count). The average Bonchev–Trinajstić information content (AvgIpc) is 2.09. The fraction of sp³-hybridized carbons (Fsp3) is 0.286. The number of aromatic nitrogens is 2. The van der Waals surface area contributed by atoms with Gasteiger partial charge in [-0.15, -0.1) is 0 Å². The summed E-state index contributed by atoms with van der Waals surface area (Å²) in [5.74, 6) is -0.538. The molecule has 0 saturated heterocycles. The van der Waals surface area contributed by atoms with Gasteiger partial charge in [0, 0.05) is 0 Å². The first-order valence-electron chi connectivity index (χ1n) is 3.50. The fourth-order valence-corrected chi connectivity index (χ4v) is 1.17. The van der Waals surface area contributed by atoms with E-state index in [1.165, 1.54) is 6.20 Å². The molecule has 0 spiro atoms. The minimum atomic E-state index is -0.538. The molecule has 6 heteroatoms. The van der Waals surface area contributed by atoms with Crippen LogP contribution in [0.2, 0.25) is 5.15 Å². The number of ether oxygens (including phenoxy) is 1. The molecule has 0 radical (unpaired) electrons. The van der Waals surface area contributed by atoms with Gasteiger partial charge in [0.05, 0.1) is 12.8 Å². The molecule has 0 bridgehead atoms. The Bertz CT molecular complexity index is 332. The number of hydrogen-bond donors (Lipinski definition) is 0. The van der Waals surface area contributed by atoms with Gasteiger partial charge in [0.1, 0.15) is 9.76 Å². The number of rotatable bonds is 2. The molecular weight excluding hydrogens is 259 g/mol. The molecule has 1 heterocycles. The molecule has 1 aromatic heterocycles. The summed E-state index contributed by atoms with van der Waals surface area (Å²) in [6, 6.07) is 0. The van der Waals surface area contributed by atoms with Crippen LogP contribution in [0.5, 0.6) is 0 Å². The molecule has 70 valence electrons. The summed E-state index contributed by atoms with van der Waals surface area (Å²) in [5, 5.41) is 0.159. The van der Waals surface area contributed by atoms with Gasteiger partial charge < -0.3 is 4.74 Å². The Balaban J connectivity index is 2.99. The molecule has 0 N–H and O–H groups in total. The van der Waals surface area contributed by atoms with Crippen LogP contribution in [0.1, 0.15) is 17.4 Å². The minimum Gasteiger partial charge on any atom is -0.461 e. The number of esters is 1. The second-order valence-electron chi connectivity index (χ2n) is 2.05. The van der Waals surface area contributed by atoms with Crippen LogP contribution in [0, 0.1) is 0 Å². The van der Waals surface area contributed by atoms with Crippen LogP contribution in [0.15, 0.2) is 10.8 Å². The van der Waals surface area contributed by atoms with Gasteiger partial charge in [0.2, 0.25) is 0 Å². The van der Waals surface area contributed by atoms with Crippen LogP contribution in [0.3, 0.4) is 0 Å². The Kier molecular flexibility index (Phi) is 3.62. The average molecular weight is 265 g/mol. The zero-order valence-corrected chi connectivity index (χ0v) is 9.09. The van der Waals surface area contributed by atoms with Gasteiger partial charge >= 0.3 is 5.97 Å². The maximum atomic E-state index is 11.2. The quantitative estimate of drug-likeness (QED) is 0.768. The highest BCUT2D eigenvalue weighted by Gasteiger charge is 2.14. The van der Waals surface area contributed by atoms with E-state index in [1.54, 1.807) is 6.92 Å². The maximum absolute atomic E-state index is 11.2. The number of hydrogen-bond acceptors (Lipinski definition) is 4. The van der Waals surface area contributed by atoms with Crippen molar-refractivity contribution < 1.29 is 9.53 Å². The van der Waals surface area contributed by atoms with Crippen molar-refractivity contribution in [2.45, 2.75) is 6.92 Å². The van der Waals surface area contributed by atoms with Crippen LogP contribution in [-0.4, -0.2) is 22.5 Å². The van der Waals surface area contributed by atoms with E-state index >= 15 is 0 Å². The molecule has 0 aromatic carbocycles. The van der Waals surface area contributed by atoms with Crippen molar-refractivity contribution in [3.8, 4) is 0 Å². The lowest BCUT2D eigenvalue weighted by molar-refractivity contribution is 0.0517. The van der Waals surface area contributed by atoms with Crippen LogP contribution in [0.25, 0.3) is 0 Å². The van der Waals surface area contributed by atoms with Crippen molar-refractivity contribution in [2.75, 3.05) is 6.61 Å². The molecule has 0 fully saturated rings. The Hall–Kier alpha value is -0.680. The van der Waals surface area contributed by atoms with Crippen molar-refractivity contribution in [3.05, 3.63) is 21.6 Å².